The number of benzene rings is 1. The number of amides is 1. The molecule has 0 unspecified atom stereocenters. The van der Waals surface area contributed by atoms with Crippen molar-refractivity contribution in [3.05, 3.63) is 105 Å². The van der Waals surface area contributed by atoms with E-state index in [2.05, 4.69) is 0 Å². The highest BCUT2D eigenvalue weighted by molar-refractivity contribution is 7.09. The third-order valence-electron chi connectivity index (χ3n) is 4.62. The molecule has 0 aliphatic rings. The minimum Gasteiger partial charge on any atom is -0.497 e. The molecule has 0 atom stereocenters. The lowest BCUT2D eigenvalue weighted by Crippen LogP contribution is -2.29. The van der Waals surface area contributed by atoms with Crippen LogP contribution in [-0.4, -0.2) is 17.6 Å². The van der Waals surface area contributed by atoms with Gasteiger partial charge in [-0.1, -0.05) is 12.1 Å². The summed E-state index contributed by atoms with van der Waals surface area (Å²) in [6.45, 7) is 0.692. The number of carbonyl (C=O) groups is 1. The first-order chi connectivity index (χ1) is 14.6. The van der Waals surface area contributed by atoms with Crippen LogP contribution in [0.4, 0.5) is 5.69 Å². The predicted octanol–water partition coefficient (Wildman–Crippen LogP) is 4.41. The van der Waals surface area contributed by atoms with Crippen LogP contribution >= 0.6 is 11.3 Å². The maximum absolute atomic E-state index is 13.3. The van der Waals surface area contributed by atoms with E-state index in [-0.39, 0.29) is 23.8 Å². The van der Waals surface area contributed by atoms with E-state index in [0.29, 0.717) is 12.3 Å². The lowest BCUT2D eigenvalue weighted by Gasteiger charge is -2.21. The fraction of sp³-hybridized carbons (Fsp3) is 0.130. The summed E-state index contributed by atoms with van der Waals surface area (Å²) < 4.78 is 12.5. The summed E-state index contributed by atoms with van der Waals surface area (Å²) in [5.41, 5.74) is 0.616. The maximum Gasteiger partial charge on any atom is 0.294 e. The van der Waals surface area contributed by atoms with E-state index in [1.165, 1.54) is 10.6 Å². The van der Waals surface area contributed by atoms with Gasteiger partial charge in [0.1, 0.15) is 11.5 Å². The van der Waals surface area contributed by atoms with Gasteiger partial charge in [-0.3, -0.25) is 9.59 Å². The van der Waals surface area contributed by atoms with Gasteiger partial charge in [-0.25, -0.2) is 0 Å². The van der Waals surface area contributed by atoms with Crippen molar-refractivity contribution in [2.75, 3.05) is 12.0 Å². The Morgan fingerprint density at radius 1 is 1.07 bits per heavy atom. The zero-order chi connectivity index (χ0) is 20.9. The molecule has 0 fully saturated rings. The number of anilines is 1. The zero-order valence-electron chi connectivity index (χ0n) is 16.4. The SMILES string of the molecule is COc1ccc(N(Cc2cccs2)C(=O)c2ccc(Cn3ccccc3=O)o2)cc1. The second-order valence-electron chi connectivity index (χ2n) is 6.60. The van der Waals surface area contributed by atoms with Gasteiger partial charge in [0.2, 0.25) is 0 Å². The minimum atomic E-state index is -0.250. The highest BCUT2D eigenvalue weighted by Gasteiger charge is 2.22. The third-order valence-corrected chi connectivity index (χ3v) is 5.48. The lowest BCUT2D eigenvalue weighted by atomic mass is 10.2. The largest absolute Gasteiger partial charge is 0.497 e. The number of methoxy groups -OCH3 is 1. The van der Waals surface area contributed by atoms with Crippen LogP contribution in [0.15, 0.2) is 87.5 Å². The Morgan fingerprint density at radius 3 is 2.60 bits per heavy atom. The highest BCUT2D eigenvalue weighted by atomic mass is 32.1. The van der Waals surface area contributed by atoms with Crippen LogP contribution in [0.2, 0.25) is 0 Å². The van der Waals surface area contributed by atoms with Gasteiger partial charge in [-0.2, -0.15) is 0 Å². The second kappa shape index (κ2) is 8.84. The molecule has 0 radical (unpaired) electrons. The molecule has 0 saturated heterocycles. The fourth-order valence-corrected chi connectivity index (χ4v) is 3.76. The first-order valence-corrected chi connectivity index (χ1v) is 10.2. The van der Waals surface area contributed by atoms with Crippen molar-refractivity contribution in [2.45, 2.75) is 13.1 Å². The number of furan rings is 1. The molecule has 1 aromatic carbocycles. The van der Waals surface area contributed by atoms with Gasteiger partial charge in [0, 0.05) is 22.8 Å². The topological polar surface area (TPSA) is 64.7 Å². The number of thiophene rings is 1. The number of rotatable bonds is 7. The third kappa shape index (κ3) is 4.36. The number of pyridine rings is 1. The van der Waals surface area contributed by atoms with Gasteiger partial charge in [0.25, 0.3) is 11.5 Å². The lowest BCUT2D eigenvalue weighted by molar-refractivity contribution is 0.0956. The summed E-state index contributed by atoms with van der Waals surface area (Å²) in [6, 6.07) is 19.6. The van der Waals surface area contributed by atoms with Gasteiger partial charge in [-0.05, 0) is 53.9 Å². The van der Waals surface area contributed by atoms with Crippen molar-refractivity contribution in [3.8, 4) is 5.75 Å². The standard InChI is InChI=1S/C23H20N2O4S/c1-28-18-9-7-17(8-10-18)25(16-20-5-4-14-30-20)23(27)21-12-11-19(29-21)15-24-13-3-2-6-22(24)26/h2-14H,15-16H2,1H3. The molecule has 30 heavy (non-hydrogen) atoms. The van der Waals surface area contributed by atoms with Crippen LogP contribution in [0.3, 0.4) is 0 Å². The Balaban J connectivity index is 1.60. The molecule has 6 nitrogen and oxygen atoms in total. The van der Waals surface area contributed by atoms with Crippen molar-refractivity contribution in [1.29, 1.82) is 0 Å². The summed E-state index contributed by atoms with van der Waals surface area (Å²) in [5, 5.41) is 1.98. The number of nitrogens with zero attached hydrogens (tertiary/aromatic N) is 2. The molecule has 7 heteroatoms. The van der Waals surface area contributed by atoms with Crippen LogP contribution in [0, 0.1) is 0 Å². The van der Waals surface area contributed by atoms with Gasteiger partial charge < -0.3 is 18.6 Å². The van der Waals surface area contributed by atoms with Crippen molar-refractivity contribution in [2.24, 2.45) is 0 Å². The van der Waals surface area contributed by atoms with E-state index in [0.717, 1.165) is 16.3 Å². The molecular formula is C23H20N2O4S. The van der Waals surface area contributed by atoms with E-state index in [9.17, 15) is 9.59 Å². The average Bonchev–Trinajstić information content (AvgIpc) is 3.46. The van der Waals surface area contributed by atoms with Gasteiger partial charge in [0.05, 0.1) is 20.2 Å². The van der Waals surface area contributed by atoms with Crippen molar-refractivity contribution < 1.29 is 13.9 Å². The first kappa shape index (κ1) is 19.7. The molecule has 0 spiro atoms. The molecule has 0 N–H and O–H groups in total. The summed E-state index contributed by atoms with van der Waals surface area (Å²) >= 11 is 1.59. The summed E-state index contributed by atoms with van der Waals surface area (Å²) in [5.74, 6) is 1.23. The molecule has 0 bridgehead atoms. The normalized spacial score (nSPS) is 10.7. The highest BCUT2D eigenvalue weighted by Crippen LogP contribution is 2.25. The Hall–Kier alpha value is -3.58. The molecule has 3 heterocycles. The molecule has 0 aliphatic heterocycles. The van der Waals surface area contributed by atoms with Crippen molar-refractivity contribution in [3.63, 3.8) is 0 Å². The van der Waals surface area contributed by atoms with E-state index >= 15 is 0 Å². The monoisotopic (exact) mass is 420 g/mol. The number of ether oxygens (including phenoxy) is 1. The van der Waals surface area contributed by atoms with E-state index in [4.69, 9.17) is 9.15 Å². The summed E-state index contributed by atoms with van der Waals surface area (Å²) in [4.78, 5) is 27.9. The number of aromatic nitrogens is 1. The molecule has 0 aliphatic carbocycles. The molecule has 152 valence electrons. The quantitative estimate of drug-likeness (QED) is 0.444. The van der Waals surface area contributed by atoms with Crippen LogP contribution in [0.1, 0.15) is 21.2 Å². The van der Waals surface area contributed by atoms with E-state index in [1.54, 1.807) is 53.8 Å². The van der Waals surface area contributed by atoms with Crippen molar-refractivity contribution >= 4 is 22.9 Å². The molecule has 0 saturated carbocycles. The summed E-state index contributed by atoms with van der Waals surface area (Å²) in [6.07, 6.45) is 1.69. The van der Waals surface area contributed by atoms with Gasteiger partial charge >= 0.3 is 0 Å². The zero-order valence-corrected chi connectivity index (χ0v) is 17.2. The minimum absolute atomic E-state index is 0.126. The number of hydrogen-bond donors (Lipinski definition) is 0. The molecule has 3 aromatic heterocycles. The molecular weight excluding hydrogens is 400 g/mol. The maximum atomic E-state index is 13.3. The Morgan fingerprint density at radius 2 is 1.90 bits per heavy atom. The van der Waals surface area contributed by atoms with Crippen LogP contribution in [0.25, 0.3) is 0 Å². The molecule has 4 rings (SSSR count). The van der Waals surface area contributed by atoms with Crippen LogP contribution < -0.4 is 15.2 Å². The summed E-state index contributed by atoms with van der Waals surface area (Å²) in [7, 11) is 1.60. The molecule has 4 aromatic rings. The van der Waals surface area contributed by atoms with E-state index < -0.39 is 0 Å². The average molecular weight is 420 g/mol. The first-order valence-electron chi connectivity index (χ1n) is 9.36. The number of hydrogen-bond acceptors (Lipinski definition) is 5. The fourth-order valence-electron chi connectivity index (χ4n) is 3.07. The molecule has 1 amide bonds. The predicted molar refractivity (Wildman–Crippen MR) is 116 cm³/mol. The second-order valence-corrected chi connectivity index (χ2v) is 7.63. The Kier molecular flexibility index (Phi) is 5.81. The van der Waals surface area contributed by atoms with E-state index in [1.807, 2.05) is 41.8 Å². The Labute approximate surface area is 177 Å². The van der Waals surface area contributed by atoms with Crippen LogP contribution in [-0.2, 0) is 13.1 Å². The Bertz CT molecular complexity index is 1180. The van der Waals surface area contributed by atoms with Gasteiger partial charge in [0.15, 0.2) is 5.76 Å². The van der Waals surface area contributed by atoms with Gasteiger partial charge in [-0.15, -0.1) is 11.3 Å². The number of carbonyl (C=O) groups excluding carboxylic acids is 1. The van der Waals surface area contributed by atoms with Crippen LogP contribution in [0.5, 0.6) is 5.75 Å². The van der Waals surface area contributed by atoms with Crippen molar-refractivity contribution in [1.82, 2.24) is 4.57 Å². The smallest absolute Gasteiger partial charge is 0.294 e.